The molecule has 2 atom stereocenters. The normalized spacial score (nSPS) is 14.0. The number of rotatable bonds is 26. The van der Waals surface area contributed by atoms with Gasteiger partial charge in [0.05, 0.1) is 12.2 Å². The van der Waals surface area contributed by atoms with Crippen LogP contribution in [0.3, 0.4) is 0 Å². The predicted octanol–water partition coefficient (Wildman–Crippen LogP) is 4.84. The van der Waals surface area contributed by atoms with E-state index in [9.17, 15) is 20.1 Å². The molecule has 216 valence electrons. The van der Waals surface area contributed by atoms with E-state index in [0.717, 1.165) is 38.5 Å². The molecule has 0 aromatic carbocycles. The Kier molecular flexibility index (Phi) is 33.9. The Hall–Kier alpha value is -1.17. The van der Waals surface area contributed by atoms with Crippen molar-refractivity contribution in [1.82, 2.24) is 0 Å². The van der Waals surface area contributed by atoms with Crippen molar-refractivity contribution in [2.24, 2.45) is 0 Å². The molecule has 0 aliphatic carbocycles. The molecule has 5 heteroatoms. The average Bonchev–Trinajstić information content (AvgIpc) is 2.89. The van der Waals surface area contributed by atoms with E-state index in [2.05, 4.69) is 25.2 Å². The van der Waals surface area contributed by atoms with Crippen LogP contribution < -0.4 is 34.7 Å². The minimum Gasteiger partial charge on any atom is -0.550 e. The smallest absolute Gasteiger partial charge is 0.550 e. The van der Waals surface area contributed by atoms with E-state index < -0.39 is 18.2 Å². The summed E-state index contributed by atoms with van der Waals surface area (Å²) >= 11 is 0. The van der Waals surface area contributed by atoms with Crippen LogP contribution in [-0.2, 0) is 4.79 Å². The maximum atomic E-state index is 10.3. The third-order valence-corrected chi connectivity index (χ3v) is 6.26. The minimum atomic E-state index is -0.922. The third-order valence-electron chi connectivity index (χ3n) is 6.26. The Labute approximate surface area is 262 Å². The van der Waals surface area contributed by atoms with Crippen LogP contribution in [0.4, 0.5) is 0 Å². The second-order valence-corrected chi connectivity index (χ2v) is 9.97. The first-order valence-corrected chi connectivity index (χ1v) is 15.1. The number of hydrogen-bond donors (Lipinski definition) is 2. The number of aliphatic hydroxyl groups excluding tert-OH is 2. The van der Waals surface area contributed by atoms with Crippen molar-refractivity contribution < 1.29 is 49.7 Å². The van der Waals surface area contributed by atoms with Gasteiger partial charge in [0, 0.05) is 5.97 Å². The Morgan fingerprint density at radius 1 is 0.615 bits per heavy atom. The van der Waals surface area contributed by atoms with Gasteiger partial charge in [-0.25, -0.2) is 0 Å². The monoisotopic (exact) mass is 550 g/mol. The largest absolute Gasteiger partial charge is 1.00 e. The molecule has 2 N–H and O–H groups in total. The molecule has 0 aromatic rings. The number of allylic oxidation sites excluding steroid dienone is 8. The van der Waals surface area contributed by atoms with Crippen LogP contribution >= 0.6 is 0 Å². The van der Waals surface area contributed by atoms with Gasteiger partial charge in [0.15, 0.2) is 0 Å². The summed E-state index contributed by atoms with van der Waals surface area (Å²) in [6.07, 6.45) is 41.7. The van der Waals surface area contributed by atoms with Crippen LogP contribution in [0, 0.1) is 0 Å². The fourth-order valence-electron chi connectivity index (χ4n) is 4.00. The van der Waals surface area contributed by atoms with Crippen molar-refractivity contribution in [3.8, 4) is 0 Å². The molecule has 0 unspecified atom stereocenters. The van der Waals surface area contributed by atoms with Crippen molar-refractivity contribution in [3.05, 3.63) is 72.9 Å². The molecule has 0 aromatic heterocycles. The Balaban J connectivity index is 0. The van der Waals surface area contributed by atoms with E-state index in [-0.39, 0.29) is 36.0 Å². The molecular formula is C34H55NaO4. The van der Waals surface area contributed by atoms with Gasteiger partial charge in [-0.05, 0) is 51.4 Å². The molecule has 0 fully saturated rings. The summed E-state index contributed by atoms with van der Waals surface area (Å²) in [5.74, 6) is -0.922. The maximum Gasteiger partial charge on any atom is 1.00 e. The van der Waals surface area contributed by atoms with Crippen molar-refractivity contribution in [2.45, 2.75) is 135 Å². The summed E-state index contributed by atoms with van der Waals surface area (Å²) in [5.41, 5.74) is 0. The Bertz CT molecular complexity index is 706. The first-order valence-electron chi connectivity index (χ1n) is 15.1. The Morgan fingerprint density at radius 2 is 1.05 bits per heavy atom. The summed E-state index contributed by atoms with van der Waals surface area (Å²) in [7, 11) is 0. The van der Waals surface area contributed by atoms with Gasteiger partial charge in [0.1, 0.15) is 0 Å². The van der Waals surface area contributed by atoms with E-state index in [4.69, 9.17) is 0 Å². The van der Waals surface area contributed by atoms with Crippen molar-refractivity contribution in [2.75, 3.05) is 0 Å². The summed E-state index contributed by atoms with van der Waals surface area (Å²) < 4.78 is 0. The molecule has 0 rings (SSSR count). The molecule has 0 aliphatic rings. The standard InChI is InChI=1S/C34H56O4.Na/c1-2-3-22-27-32(35)29-24-20-21-25-30-33(36)28-23-18-16-14-12-10-8-6-4-5-7-9-11-13-15-17-19-26-31-34(37)38;/h3,12,14,18,20-25,29-30,32-33,35-36H,2,4-11,13,15-17,19,26-28,31H2,1H3,(H,37,38);/q;+1/p-1/b14-12-,21-20+,22-3-,23-18-,29-24-,30-25+;/t32-,33+;/m0./s1. The molecule has 0 aliphatic heterocycles. The molecule has 0 saturated heterocycles. The van der Waals surface area contributed by atoms with Gasteiger partial charge in [-0.2, -0.15) is 0 Å². The van der Waals surface area contributed by atoms with Gasteiger partial charge < -0.3 is 20.1 Å². The number of carbonyl (C=O) groups is 1. The number of hydrogen-bond acceptors (Lipinski definition) is 4. The number of carboxylic acids is 1. The zero-order valence-electron chi connectivity index (χ0n) is 25.0. The topological polar surface area (TPSA) is 80.6 Å². The molecular weight excluding hydrogens is 495 g/mol. The number of aliphatic carboxylic acids is 1. The second kappa shape index (κ2) is 33.0. The molecule has 0 radical (unpaired) electrons. The number of carbonyl (C=O) groups excluding carboxylic acids is 1. The number of aliphatic hydroxyl groups is 2. The molecule has 0 amide bonds. The van der Waals surface area contributed by atoms with E-state index in [1.165, 1.54) is 57.8 Å². The average molecular weight is 551 g/mol. The van der Waals surface area contributed by atoms with Crippen LogP contribution in [0.25, 0.3) is 0 Å². The number of unbranched alkanes of at least 4 members (excludes halogenated alkanes) is 12. The van der Waals surface area contributed by atoms with E-state index >= 15 is 0 Å². The molecule has 39 heavy (non-hydrogen) atoms. The summed E-state index contributed by atoms with van der Waals surface area (Å²) in [5, 5.41) is 30.1. The van der Waals surface area contributed by atoms with E-state index in [1.807, 2.05) is 42.5 Å². The summed E-state index contributed by atoms with van der Waals surface area (Å²) in [4.78, 5) is 10.3. The molecule has 0 heterocycles. The molecule has 4 nitrogen and oxygen atoms in total. The van der Waals surface area contributed by atoms with Crippen LogP contribution in [0.15, 0.2) is 72.9 Å². The molecule has 0 bridgehead atoms. The van der Waals surface area contributed by atoms with E-state index in [1.54, 1.807) is 12.2 Å². The quantitative estimate of drug-likeness (QED) is 0.0699. The van der Waals surface area contributed by atoms with Crippen molar-refractivity contribution >= 4 is 5.97 Å². The van der Waals surface area contributed by atoms with Gasteiger partial charge in [0.25, 0.3) is 0 Å². The van der Waals surface area contributed by atoms with Crippen LogP contribution in [0.1, 0.15) is 122 Å². The van der Waals surface area contributed by atoms with Crippen molar-refractivity contribution in [1.29, 1.82) is 0 Å². The van der Waals surface area contributed by atoms with Crippen molar-refractivity contribution in [3.63, 3.8) is 0 Å². The number of carboxylic acid groups (broad SMARTS) is 1. The molecule has 0 saturated carbocycles. The van der Waals surface area contributed by atoms with Gasteiger partial charge in [-0.3, -0.25) is 0 Å². The van der Waals surface area contributed by atoms with E-state index in [0.29, 0.717) is 12.8 Å². The zero-order chi connectivity index (χ0) is 27.9. The van der Waals surface area contributed by atoms with Gasteiger partial charge in [0.2, 0.25) is 0 Å². The van der Waals surface area contributed by atoms with Gasteiger partial charge in [-0.1, -0.05) is 144 Å². The van der Waals surface area contributed by atoms with Crippen LogP contribution in [0.5, 0.6) is 0 Å². The third kappa shape index (κ3) is 34.8. The predicted molar refractivity (Wildman–Crippen MR) is 161 cm³/mol. The second-order valence-electron chi connectivity index (χ2n) is 9.97. The van der Waals surface area contributed by atoms with Crippen LogP contribution in [0.2, 0.25) is 0 Å². The van der Waals surface area contributed by atoms with Gasteiger partial charge >= 0.3 is 29.6 Å². The molecule has 0 spiro atoms. The van der Waals surface area contributed by atoms with Crippen LogP contribution in [-0.4, -0.2) is 28.4 Å². The first kappa shape index (κ1) is 40.0. The SMILES string of the molecule is CC/C=C\C[C@H](O)\C=C/C=C/C=C/[C@H](O)C/C=C\C/C=C\CCCCCCCCCCCCCCC(=O)[O-].[Na+]. The zero-order valence-corrected chi connectivity index (χ0v) is 27.0. The Morgan fingerprint density at radius 3 is 1.54 bits per heavy atom. The first-order chi connectivity index (χ1) is 18.6. The van der Waals surface area contributed by atoms with Gasteiger partial charge in [-0.15, -0.1) is 0 Å². The fourth-order valence-corrected chi connectivity index (χ4v) is 4.00. The minimum absolute atomic E-state index is 0. The maximum absolute atomic E-state index is 10.3. The summed E-state index contributed by atoms with van der Waals surface area (Å²) in [6.45, 7) is 2.07. The summed E-state index contributed by atoms with van der Waals surface area (Å²) in [6, 6.07) is 0. The fraction of sp³-hybridized carbons (Fsp3) is 0.618.